The molecule has 0 aliphatic rings. The van der Waals surface area contributed by atoms with Gasteiger partial charge in [0, 0.05) is 10.6 Å². The minimum Gasteiger partial charge on any atom is -0.462 e. The van der Waals surface area contributed by atoms with Gasteiger partial charge in [-0.1, -0.05) is 32.4 Å². The summed E-state index contributed by atoms with van der Waals surface area (Å²) in [6.45, 7) is 9.65. The minimum absolute atomic E-state index is 0.220. The summed E-state index contributed by atoms with van der Waals surface area (Å²) in [5, 5.41) is 13.1. The summed E-state index contributed by atoms with van der Waals surface area (Å²) in [5.74, 6) is -0.871. The second-order valence-electron chi connectivity index (χ2n) is 6.99. The van der Waals surface area contributed by atoms with Crippen LogP contribution in [0.4, 0.5) is 5.00 Å². The highest BCUT2D eigenvalue weighted by molar-refractivity contribution is 7.18. The molecule has 1 aromatic heterocycles. The van der Waals surface area contributed by atoms with Crippen molar-refractivity contribution >= 4 is 39.8 Å². The molecule has 1 amide bonds. The smallest absolute Gasteiger partial charge is 0.348 e. The summed E-state index contributed by atoms with van der Waals surface area (Å²) < 4.78 is 5.01. The molecule has 0 bridgehead atoms. The fourth-order valence-electron chi connectivity index (χ4n) is 2.54. The lowest BCUT2D eigenvalue weighted by Gasteiger charge is -2.21. The third kappa shape index (κ3) is 4.49. The Hall–Kier alpha value is -2.36. The van der Waals surface area contributed by atoms with Crippen molar-refractivity contribution in [3.63, 3.8) is 0 Å². The van der Waals surface area contributed by atoms with Crippen LogP contribution >= 0.6 is 22.9 Å². The predicted molar refractivity (Wildman–Crippen MR) is 108 cm³/mol. The Labute approximate surface area is 167 Å². The molecule has 0 saturated heterocycles. The van der Waals surface area contributed by atoms with Gasteiger partial charge in [0.15, 0.2) is 0 Å². The molecule has 0 saturated carbocycles. The van der Waals surface area contributed by atoms with Crippen molar-refractivity contribution < 1.29 is 14.3 Å². The molecule has 1 N–H and O–H groups in total. The summed E-state index contributed by atoms with van der Waals surface area (Å²) in [6.07, 6.45) is 0. The highest BCUT2D eigenvalue weighted by Gasteiger charge is 2.24. The molecule has 0 aliphatic carbocycles. The number of ether oxygens (including phenoxy) is 1. The van der Waals surface area contributed by atoms with E-state index in [4.69, 9.17) is 16.3 Å². The van der Waals surface area contributed by atoms with Crippen LogP contribution in [0.1, 0.15) is 64.4 Å². The fraction of sp³-hybridized carbons (Fsp3) is 0.350. The van der Waals surface area contributed by atoms with E-state index in [1.807, 2.05) is 26.8 Å². The van der Waals surface area contributed by atoms with Gasteiger partial charge in [0.1, 0.15) is 15.9 Å². The number of esters is 1. The summed E-state index contributed by atoms with van der Waals surface area (Å²) in [7, 11) is 0. The van der Waals surface area contributed by atoms with Crippen LogP contribution in [0, 0.1) is 18.3 Å². The predicted octanol–water partition coefficient (Wildman–Crippen LogP) is 5.31. The first-order valence-electron chi connectivity index (χ1n) is 8.42. The summed E-state index contributed by atoms with van der Waals surface area (Å²) in [6, 6.07) is 7.11. The first-order chi connectivity index (χ1) is 12.6. The van der Waals surface area contributed by atoms with Crippen molar-refractivity contribution in [2.75, 3.05) is 11.9 Å². The van der Waals surface area contributed by atoms with Crippen molar-refractivity contribution in [3.05, 3.63) is 50.4 Å². The summed E-state index contributed by atoms with van der Waals surface area (Å²) in [5.41, 5.74) is 1.83. The van der Waals surface area contributed by atoms with Gasteiger partial charge < -0.3 is 10.1 Å². The Morgan fingerprint density at radius 1 is 1.33 bits per heavy atom. The molecular weight excluding hydrogens is 384 g/mol. The van der Waals surface area contributed by atoms with Crippen LogP contribution in [0.2, 0.25) is 5.02 Å². The van der Waals surface area contributed by atoms with Gasteiger partial charge in [0.05, 0.1) is 12.2 Å². The van der Waals surface area contributed by atoms with Gasteiger partial charge in [-0.25, -0.2) is 4.79 Å². The lowest BCUT2D eigenvalue weighted by Crippen LogP contribution is -2.16. The average Bonchev–Trinajstić information content (AvgIpc) is 2.89. The molecule has 142 valence electrons. The molecular formula is C20H21ClN2O3S. The number of amides is 1. The lowest BCUT2D eigenvalue weighted by atomic mass is 9.86. The van der Waals surface area contributed by atoms with Crippen LogP contribution in [0.5, 0.6) is 0 Å². The van der Waals surface area contributed by atoms with E-state index in [-0.39, 0.29) is 23.5 Å². The van der Waals surface area contributed by atoms with Gasteiger partial charge in [0.2, 0.25) is 0 Å². The minimum atomic E-state index is -0.501. The molecule has 0 fully saturated rings. The number of rotatable bonds is 4. The van der Waals surface area contributed by atoms with Gasteiger partial charge in [-0.15, -0.1) is 11.3 Å². The van der Waals surface area contributed by atoms with Gasteiger partial charge in [-0.2, -0.15) is 5.26 Å². The quantitative estimate of drug-likeness (QED) is 0.700. The topological polar surface area (TPSA) is 79.2 Å². The Morgan fingerprint density at radius 3 is 2.56 bits per heavy atom. The number of nitrogens with one attached hydrogen (secondary N) is 1. The maximum absolute atomic E-state index is 12.7. The monoisotopic (exact) mass is 404 g/mol. The Kier molecular flexibility index (Phi) is 6.30. The molecule has 27 heavy (non-hydrogen) atoms. The number of carbonyl (C=O) groups is 2. The molecule has 0 radical (unpaired) electrons. The van der Waals surface area contributed by atoms with E-state index in [0.717, 1.165) is 16.9 Å². The first kappa shape index (κ1) is 20.9. The number of anilines is 1. The molecule has 0 spiro atoms. The summed E-state index contributed by atoms with van der Waals surface area (Å²) in [4.78, 5) is 25.1. The number of hydrogen-bond acceptors (Lipinski definition) is 5. The lowest BCUT2D eigenvalue weighted by molar-refractivity contribution is 0.0531. The SMILES string of the molecule is CCOC(=O)c1sc(NC(=O)c2ccc(Cl)c(C(C)(C)C)c2)c(C#N)c1C. The Bertz CT molecular complexity index is 936. The molecule has 1 heterocycles. The number of carbonyl (C=O) groups excluding carboxylic acids is 2. The zero-order valence-corrected chi connectivity index (χ0v) is 17.5. The zero-order chi connectivity index (χ0) is 20.4. The molecule has 5 nitrogen and oxygen atoms in total. The van der Waals surface area contributed by atoms with E-state index in [0.29, 0.717) is 26.0 Å². The fourth-order valence-corrected chi connectivity index (χ4v) is 3.99. The first-order valence-corrected chi connectivity index (χ1v) is 9.61. The van der Waals surface area contributed by atoms with Crippen LogP contribution in [0.3, 0.4) is 0 Å². The third-order valence-corrected chi connectivity index (χ3v) is 5.50. The van der Waals surface area contributed by atoms with Crippen molar-refractivity contribution in [1.82, 2.24) is 0 Å². The Balaban J connectivity index is 2.38. The maximum Gasteiger partial charge on any atom is 0.348 e. The van der Waals surface area contributed by atoms with E-state index in [2.05, 4.69) is 5.32 Å². The molecule has 0 unspecified atom stereocenters. The maximum atomic E-state index is 12.7. The van der Waals surface area contributed by atoms with Crippen molar-refractivity contribution in [1.29, 1.82) is 5.26 Å². The molecule has 0 atom stereocenters. The molecule has 2 rings (SSSR count). The van der Waals surface area contributed by atoms with E-state index in [9.17, 15) is 14.9 Å². The van der Waals surface area contributed by atoms with Crippen molar-refractivity contribution in [3.8, 4) is 6.07 Å². The molecule has 0 aliphatic heterocycles. The molecule has 1 aromatic carbocycles. The van der Waals surface area contributed by atoms with Gasteiger partial charge >= 0.3 is 5.97 Å². The number of hydrogen-bond donors (Lipinski definition) is 1. The van der Waals surface area contributed by atoms with Gasteiger partial charge in [0.25, 0.3) is 5.91 Å². The summed E-state index contributed by atoms with van der Waals surface area (Å²) >= 11 is 7.30. The van der Waals surface area contributed by atoms with E-state index < -0.39 is 5.97 Å². The highest BCUT2D eigenvalue weighted by Crippen LogP contribution is 2.34. The van der Waals surface area contributed by atoms with Crippen LogP contribution in [-0.2, 0) is 10.2 Å². The van der Waals surface area contributed by atoms with E-state index in [1.54, 1.807) is 32.0 Å². The third-order valence-electron chi connectivity index (χ3n) is 3.98. The second-order valence-corrected chi connectivity index (χ2v) is 8.42. The number of nitrogens with zero attached hydrogens (tertiary/aromatic N) is 1. The second kappa shape index (κ2) is 8.12. The normalized spacial score (nSPS) is 11.0. The van der Waals surface area contributed by atoms with E-state index >= 15 is 0 Å². The molecule has 2 aromatic rings. The van der Waals surface area contributed by atoms with Crippen LogP contribution in [-0.4, -0.2) is 18.5 Å². The van der Waals surface area contributed by atoms with Gasteiger partial charge in [-0.3, -0.25) is 4.79 Å². The van der Waals surface area contributed by atoms with E-state index in [1.165, 1.54) is 0 Å². The zero-order valence-electron chi connectivity index (χ0n) is 15.9. The van der Waals surface area contributed by atoms with Crippen molar-refractivity contribution in [2.45, 2.75) is 40.0 Å². The number of thiophene rings is 1. The highest BCUT2D eigenvalue weighted by atomic mass is 35.5. The van der Waals surface area contributed by atoms with Crippen LogP contribution in [0.25, 0.3) is 0 Å². The van der Waals surface area contributed by atoms with Crippen molar-refractivity contribution in [2.24, 2.45) is 0 Å². The Morgan fingerprint density at radius 2 is 2.00 bits per heavy atom. The standard InChI is InChI=1S/C20H21ClN2O3S/c1-6-26-19(25)16-11(2)13(10-22)18(27-16)23-17(24)12-7-8-15(21)14(9-12)20(3,4)5/h7-9H,6H2,1-5H3,(H,23,24). The number of benzene rings is 1. The van der Waals surface area contributed by atoms with Crippen LogP contribution < -0.4 is 5.32 Å². The number of halogens is 1. The van der Waals surface area contributed by atoms with Gasteiger partial charge in [-0.05, 0) is 48.6 Å². The number of nitriles is 1. The molecule has 7 heteroatoms. The average molecular weight is 405 g/mol. The van der Waals surface area contributed by atoms with Crippen LogP contribution in [0.15, 0.2) is 18.2 Å². The largest absolute Gasteiger partial charge is 0.462 e.